The minimum atomic E-state index is -0.650. The second-order valence-electron chi connectivity index (χ2n) is 4.41. The van der Waals surface area contributed by atoms with Gasteiger partial charge in [0, 0.05) is 6.42 Å². The van der Waals surface area contributed by atoms with Gasteiger partial charge in [-0.25, -0.2) is 0 Å². The van der Waals surface area contributed by atoms with Crippen LogP contribution in [0.25, 0.3) is 0 Å². The Kier molecular flexibility index (Phi) is 4.15. The summed E-state index contributed by atoms with van der Waals surface area (Å²) in [6.45, 7) is 6.25. The number of hydrogen-bond donors (Lipinski definition) is 1. The third-order valence-corrected chi connectivity index (χ3v) is 2.29. The molecule has 0 spiro atoms. The van der Waals surface area contributed by atoms with Crippen LogP contribution in [0.5, 0.6) is 5.75 Å². The van der Waals surface area contributed by atoms with E-state index in [9.17, 15) is 5.11 Å². The maximum atomic E-state index is 9.52. The molecule has 0 atom stereocenters. The Morgan fingerprint density at radius 3 is 2.67 bits per heavy atom. The van der Waals surface area contributed by atoms with Gasteiger partial charge >= 0.3 is 0 Å². The smallest absolute Gasteiger partial charge is 0.119 e. The minimum Gasteiger partial charge on any atom is -0.493 e. The Labute approximate surface area is 91.9 Å². The number of aliphatic hydroxyl groups is 1. The molecule has 0 heterocycles. The minimum absolute atomic E-state index is 0.552. The van der Waals surface area contributed by atoms with Crippen molar-refractivity contribution >= 4 is 0 Å². The standard InChI is InChI=1S/C13H20O2/c1-4-11-6-5-7-12(10-11)15-9-8-13(2,3)14/h5-7,10,14H,4,8-9H2,1-3H3. The lowest BCUT2D eigenvalue weighted by Crippen LogP contribution is -2.21. The molecule has 0 radical (unpaired) electrons. The van der Waals surface area contributed by atoms with Gasteiger partial charge in [-0.3, -0.25) is 0 Å². The maximum absolute atomic E-state index is 9.52. The van der Waals surface area contributed by atoms with E-state index in [1.807, 2.05) is 18.2 Å². The molecule has 0 bridgehead atoms. The van der Waals surface area contributed by atoms with Gasteiger partial charge in [0.1, 0.15) is 5.75 Å². The second-order valence-corrected chi connectivity index (χ2v) is 4.41. The highest BCUT2D eigenvalue weighted by Gasteiger charge is 2.11. The molecule has 0 fully saturated rings. The van der Waals surface area contributed by atoms with E-state index in [4.69, 9.17) is 4.74 Å². The number of ether oxygens (including phenoxy) is 1. The van der Waals surface area contributed by atoms with Crippen molar-refractivity contribution in [1.29, 1.82) is 0 Å². The first-order valence-corrected chi connectivity index (χ1v) is 5.45. The van der Waals surface area contributed by atoms with E-state index in [0.717, 1.165) is 12.2 Å². The van der Waals surface area contributed by atoms with E-state index in [0.29, 0.717) is 13.0 Å². The van der Waals surface area contributed by atoms with Gasteiger partial charge in [-0.05, 0) is 38.0 Å². The van der Waals surface area contributed by atoms with Crippen LogP contribution in [0.15, 0.2) is 24.3 Å². The van der Waals surface area contributed by atoms with Crippen LogP contribution in [-0.2, 0) is 6.42 Å². The molecule has 0 aliphatic heterocycles. The third kappa shape index (κ3) is 4.84. The SMILES string of the molecule is CCc1cccc(OCCC(C)(C)O)c1. The van der Waals surface area contributed by atoms with E-state index < -0.39 is 5.60 Å². The highest BCUT2D eigenvalue weighted by molar-refractivity contribution is 5.28. The van der Waals surface area contributed by atoms with Crippen molar-refractivity contribution in [1.82, 2.24) is 0 Å². The van der Waals surface area contributed by atoms with Crippen LogP contribution in [0.3, 0.4) is 0 Å². The van der Waals surface area contributed by atoms with Crippen molar-refractivity contribution in [3.05, 3.63) is 29.8 Å². The molecule has 0 aliphatic carbocycles. The molecular formula is C13H20O2. The molecule has 0 saturated carbocycles. The number of rotatable bonds is 5. The topological polar surface area (TPSA) is 29.5 Å². The molecule has 0 aliphatic rings. The molecule has 2 heteroatoms. The summed E-state index contributed by atoms with van der Waals surface area (Å²) >= 11 is 0. The first-order valence-electron chi connectivity index (χ1n) is 5.45. The van der Waals surface area contributed by atoms with Crippen molar-refractivity contribution in [3.8, 4) is 5.75 Å². The molecule has 2 nitrogen and oxygen atoms in total. The molecule has 0 unspecified atom stereocenters. The molecule has 0 saturated heterocycles. The van der Waals surface area contributed by atoms with Gasteiger partial charge in [0.05, 0.1) is 12.2 Å². The fraction of sp³-hybridized carbons (Fsp3) is 0.538. The molecule has 84 valence electrons. The first-order chi connectivity index (χ1) is 7.01. The zero-order valence-electron chi connectivity index (χ0n) is 9.79. The quantitative estimate of drug-likeness (QED) is 0.806. The van der Waals surface area contributed by atoms with Gasteiger partial charge in [0.15, 0.2) is 0 Å². The fourth-order valence-corrected chi connectivity index (χ4v) is 1.27. The van der Waals surface area contributed by atoms with Crippen LogP contribution in [0.2, 0.25) is 0 Å². The maximum Gasteiger partial charge on any atom is 0.119 e. The zero-order chi connectivity index (χ0) is 11.3. The molecule has 1 N–H and O–H groups in total. The van der Waals surface area contributed by atoms with E-state index in [-0.39, 0.29) is 0 Å². The van der Waals surface area contributed by atoms with Crippen molar-refractivity contribution in [2.75, 3.05) is 6.61 Å². The summed E-state index contributed by atoms with van der Waals surface area (Å²) in [4.78, 5) is 0. The summed E-state index contributed by atoms with van der Waals surface area (Å²) in [5, 5.41) is 9.52. The third-order valence-electron chi connectivity index (χ3n) is 2.29. The predicted molar refractivity (Wildman–Crippen MR) is 62.2 cm³/mol. The summed E-state index contributed by atoms with van der Waals surface area (Å²) in [5.41, 5.74) is 0.623. The van der Waals surface area contributed by atoms with Gasteiger partial charge in [0.2, 0.25) is 0 Å². The summed E-state index contributed by atoms with van der Waals surface area (Å²) < 4.78 is 5.56. The van der Waals surface area contributed by atoms with Crippen LogP contribution in [-0.4, -0.2) is 17.3 Å². The highest BCUT2D eigenvalue weighted by Crippen LogP contribution is 2.15. The summed E-state index contributed by atoms with van der Waals surface area (Å²) in [6.07, 6.45) is 1.66. The van der Waals surface area contributed by atoms with Crippen LogP contribution < -0.4 is 4.74 Å². The Hall–Kier alpha value is -1.02. The molecule has 1 rings (SSSR count). The predicted octanol–water partition coefficient (Wildman–Crippen LogP) is 2.79. The van der Waals surface area contributed by atoms with Crippen molar-refractivity contribution in [2.24, 2.45) is 0 Å². The Morgan fingerprint density at radius 2 is 2.07 bits per heavy atom. The molecule has 15 heavy (non-hydrogen) atoms. The van der Waals surface area contributed by atoms with Gasteiger partial charge < -0.3 is 9.84 Å². The van der Waals surface area contributed by atoms with Gasteiger partial charge in [-0.1, -0.05) is 19.1 Å². The van der Waals surface area contributed by atoms with Gasteiger partial charge in [-0.15, -0.1) is 0 Å². The van der Waals surface area contributed by atoms with E-state index in [2.05, 4.69) is 13.0 Å². The van der Waals surface area contributed by atoms with E-state index >= 15 is 0 Å². The van der Waals surface area contributed by atoms with Crippen molar-refractivity contribution in [3.63, 3.8) is 0 Å². The lowest BCUT2D eigenvalue weighted by atomic mass is 10.1. The molecule has 0 aromatic heterocycles. The van der Waals surface area contributed by atoms with Gasteiger partial charge in [-0.2, -0.15) is 0 Å². The Bertz CT molecular complexity index is 300. The summed E-state index contributed by atoms with van der Waals surface area (Å²) in [7, 11) is 0. The normalized spacial score (nSPS) is 11.5. The largest absolute Gasteiger partial charge is 0.493 e. The lowest BCUT2D eigenvalue weighted by Gasteiger charge is -2.17. The number of hydrogen-bond acceptors (Lipinski definition) is 2. The van der Waals surface area contributed by atoms with Crippen molar-refractivity contribution < 1.29 is 9.84 Å². The average molecular weight is 208 g/mol. The van der Waals surface area contributed by atoms with Crippen LogP contribution in [0.1, 0.15) is 32.8 Å². The first kappa shape index (κ1) is 12.1. The van der Waals surface area contributed by atoms with Crippen LogP contribution in [0.4, 0.5) is 0 Å². The fourth-order valence-electron chi connectivity index (χ4n) is 1.27. The summed E-state index contributed by atoms with van der Waals surface area (Å²) in [6, 6.07) is 8.08. The zero-order valence-corrected chi connectivity index (χ0v) is 9.79. The second kappa shape index (κ2) is 5.17. The monoisotopic (exact) mass is 208 g/mol. The molecule has 1 aromatic rings. The Morgan fingerprint density at radius 1 is 1.33 bits per heavy atom. The van der Waals surface area contributed by atoms with Crippen LogP contribution >= 0.6 is 0 Å². The Balaban J connectivity index is 2.44. The summed E-state index contributed by atoms with van der Waals surface area (Å²) in [5.74, 6) is 0.888. The van der Waals surface area contributed by atoms with E-state index in [1.165, 1.54) is 5.56 Å². The number of benzene rings is 1. The molecular weight excluding hydrogens is 188 g/mol. The number of aryl methyl sites for hydroxylation is 1. The van der Waals surface area contributed by atoms with Gasteiger partial charge in [0.25, 0.3) is 0 Å². The van der Waals surface area contributed by atoms with Crippen molar-refractivity contribution in [2.45, 2.75) is 39.2 Å². The lowest BCUT2D eigenvalue weighted by molar-refractivity contribution is 0.0553. The van der Waals surface area contributed by atoms with Crippen LogP contribution in [0, 0.1) is 0 Å². The molecule has 1 aromatic carbocycles. The highest BCUT2D eigenvalue weighted by atomic mass is 16.5. The average Bonchev–Trinajstić information content (AvgIpc) is 2.16. The van der Waals surface area contributed by atoms with E-state index in [1.54, 1.807) is 13.8 Å². The molecule has 0 amide bonds.